The number of halogens is 19. The van der Waals surface area contributed by atoms with Crippen molar-refractivity contribution in [3.05, 3.63) is 263 Å². The van der Waals surface area contributed by atoms with Gasteiger partial charge in [0.2, 0.25) is 0 Å². The van der Waals surface area contributed by atoms with Crippen LogP contribution in [0.3, 0.4) is 0 Å². The predicted molar refractivity (Wildman–Crippen MR) is 485 cm³/mol. The average Bonchev–Trinajstić information content (AvgIpc) is 0.777. The Kier molecular flexibility index (Phi) is 49.7. The Labute approximate surface area is 810 Å². The van der Waals surface area contributed by atoms with E-state index in [0.717, 1.165) is 43.2 Å². The van der Waals surface area contributed by atoms with Crippen LogP contribution in [0.5, 0.6) is 46.0 Å². The van der Waals surface area contributed by atoms with Crippen molar-refractivity contribution in [3.63, 3.8) is 0 Å². The third-order valence-electron chi connectivity index (χ3n) is 18.8. The number of hydrogen-bond acceptors (Lipinski definition) is 22. The molecule has 22 nitrogen and oxygen atoms in total. The monoisotopic (exact) mass is 2040 g/mol. The standard InChI is InChI=1S/C29H31F5O7.C25H23F7O5.C25H26F4O5.C23H23F3O5/c1-21(35)38-18-4-2-3-5-19-40-26(36)16-9-22-7-12-25(13-8-22)41-27(37)23-10-14-24(15-11-23)39-20-6-17-28(30,31)29(32,33)34;1-2-15-36-21(33)13-6-17-4-9-20(10-5-17)37-22(34)18-7-11-19(12-8-18)35-16-3-14-23(26,27)24(28,29)25(30,31)32;1-3-16-33-22(30)14-7-18-5-10-21(11-6-18)34-23(31)19-8-12-20(13-9-19)32-17-4-15-25(28,29)24(2,26)27;1-2-15-30-21(27)13-6-17-4-9-20(10-5-17)31-22(28)18-7-11-19(12-8-18)29-16-3-14-23(24,25)26/h7-16H,2-6,17-20H2,1H3;4-13H,2-3,14-16H2,1H3;5-14H,3-4,15-17H2,1-2H3;4-13H,2-3,14-16H2,1H3/b16-9+;13-6+;14-7+;13-6+. The molecule has 0 N–H and O–H groups in total. The van der Waals surface area contributed by atoms with Gasteiger partial charge in [0.15, 0.2) is 0 Å². The molecule has 41 heteroatoms. The van der Waals surface area contributed by atoms with E-state index in [2.05, 4.69) is 0 Å². The van der Waals surface area contributed by atoms with Crippen LogP contribution in [0, 0.1) is 0 Å². The number of carbonyl (C=O) groups excluding carboxylic acids is 9. The minimum atomic E-state index is -6.37. The first kappa shape index (κ1) is 119. The van der Waals surface area contributed by atoms with E-state index in [1.54, 1.807) is 91.0 Å². The van der Waals surface area contributed by atoms with Crippen molar-refractivity contribution in [2.24, 2.45) is 0 Å². The number of benzene rings is 8. The molecular weight excluding hydrogens is 1940 g/mol. The van der Waals surface area contributed by atoms with Crippen molar-refractivity contribution >= 4 is 78.0 Å². The third kappa shape index (κ3) is 46.4. The van der Waals surface area contributed by atoms with E-state index in [4.69, 9.17) is 61.6 Å². The van der Waals surface area contributed by atoms with Crippen molar-refractivity contribution in [2.45, 2.75) is 179 Å². The van der Waals surface area contributed by atoms with E-state index >= 15 is 0 Å². The highest BCUT2D eigenvalue weighted by atomic mass is 19.4. The molecule has 0 fully saturated rings. The molecule has 0 bridgehead atoms. The van der Waals surface area contributed by atoms with Gasteiger partial charge < -0.3 is 61.6 Å². The van der Waals surface area contributed by atoms with Gasteiger partial charge in [-0.25, -0.2) is 47.1 Å². The maximum atomic E-state index is 13.3. The molecule has 0 saturated heterocycles. The summed E-state index contributed by atoms with van der Waals surface area (Å²) in [5.74, 6) is -27.1. The fourth-order valence-corrected chi connectivity index (χ4v) is 11.0. The van der Waals surface area contributed by atoms with Gasteiger partial charge in [0.1, 0.15) is 46.0 Å². The van der Waals surface area contributed by atoms with Crippen LogP contribution in [0.1, 0.15) is 195 Å². The zero-order valence-electron chi connectivity index (χ0n) is 77.7. The number of esters is 9. The van der Waals surface area contributed by atoms with Gasteiger partial charge in [-0.15, -0.1) is 0 Å². The van der Waals surface area contributed by atoms with Crippen molar-refractivity contribution < 1.29 is 188 Å². The van der Waals surface area contributed by atoms with Gasteiger partial charge in [-0.05, 0) is 263 Å². The van der Waals surface area contributed by atoms with Crippen molar-refractivity contribution in [3.8, 4) is 46.0 Å². The molecule has 0 heterocycles. The molecule has 0 saturated carbocycles. The second-order valence-corrected chi connectivity index (χ2v) is 30.7. The molecule has 0 aliphatic heterocycles. The number of carbonyl (C=O) groups is 9. The Morgan fingerprint density at radius 1 is 0.252 bits per heavy atom. The zero-order valence-corrected chi connectivity index (χ0v) is 77.7. The molecule has 8 aromatic carbocycles. The number of unbranched alkanes of at least 4 members (excludes halogenated alkanes) is 3. The molecule has 0 amide bonds. The van der Waals surface area contributed by atoms with Crippen LogP contribution in [-0.4, -0.2) is 161 Å². The van der Waals surface area contributed by atoms with Crippen LogP contribution < -0.4 is 37.9 Å². The maximum Gasteiger partial charge on any atom is 0.459 e. The van der Waals surface area contributed by atoms with Gasteiger partial charge in [0.25, 0.3) is 0 Å². The first-order valence-electron chi connectivity index (χ1n) is 44.2. The summed E-state index contributed by atoms with van der Waals surface area (Å²) in [7, 11) is 0. The molecule has 0 atom stereocenters. The fourth-order valence-electron chi connectivity index (χ4n) is 11.0. The Morgan fingerprint density at radius 2 is 0.483 bits per heavy atom. The summed E-state index contributed by atoms with van der Waals surface area (Å²) in [4.78, 5) is 106. The van der Waals surface area contributed by atoms with E-state index in [-0.39, 0.29) is 97.4 Å². The Hall–Kier alpha value is -14.2. The zero-order chi connectivity index (χ0) is 106. The van der Waals surface area contributed by atoms with Gasteiger partial charge in [0, 0.05) is 63.8 Å². The van der Waals surface area contributed by atoms with Crippen LogP contribution in [0.15, 0.2) is 218 Å². The summed E-state index contributed by atoms with van der Waals surface area (Å²) < 4.78 is 306. The number of alkyl halides is 19. The Balaban J connectivity index is 0.000000337. The fraction of sp³-hybridized carbons (Fsp3) is 0.363. The van der Waals surface area contributed by atoms with Crippen LogP contribution in [0.4, 0.5) is 83.4 Å². The summed E-state index contributed by atoms with van der Waals surface area (Å²) in [5, 5.41) is 0. The highest BCUT2D eigenvalue weighted by molar-refractivity contribution is 5.94. The van der Waals surface area contributed by atoms with Gasteiger partial charge in [-0.1, -0.05) is 69.3 Å². The van der Waals surface area contributed by atoms with Gasteiger partial charge in [-0.2, -0.15) is 74.6 Å². The minimum Gasteiger partial charge on any atom is -0.494 e. The topological polar surface area (TPSA) is 274 Å². The van der Waals surface area contributed by atoms with Crippen LogP contribution >= 0.6 is 0 Å². The van der Waals surface area contributed by atoms with Crippen LogP contribution in [0.2, 0.25) is 0 Å². The quantitative estimate of drug-likeness (QED) is 0.00855. The molecule has 143 heavy (non-hydrogen) atoms. The molecule has 776 valence electrons. The normalized spacial score (nSPS) is 11.9. The molecule has 0 aliphatic rings. The first-order valence-corrected chi connectivity index (χ1v) is 44.2. The first-order chi connectivity index (χ1) is 67.4. The van der Waals surface area contributed by atoms with Crippen LogP contribution in [-0.2, 0) is 47.7 Å². The highest BCUT2D eigenvalue weighted by Gasteiger charge is 2.72. The molecule has 0 spiro atoms. The second kappa shape index (κ2) is 59.5. The Morgan fingerprint density at radius 3 is 0.713 bits per heavy atom. The molecular formula is C102H103F19O22. The van der Waals surface area contributed by atoms with E-state index in [9.17, 15) is 127 Å². The second-order valence-electron chi connectivity index (χ2n) is 30.7. The lowest BCUT2D eigenvalue weighted by Gasteiger charge is -2.28. The van der Waals surface area contributed by atoms with Crippen molar-refractivity contribution in [2.75, 3.05) is 59.5 Å². The third-order valence-corrected chi connectivity index (χ3v) is 18.8. The summed E-state index contributed by atoms with van der Waals surface area (Å²) >= 11 is 0. The predicted octanol–water partition coefficient (Wildman–Crippen LogP) is 25.7. The molecule has 0 aromatic heterocycles. The summed E-state index contributed by atoms with van der Waals surface area (Å²) in [6, 6.07) is 47.9. The lowest BCUT2D eigenvalue weighted by Crippen LogP contribution is -2.51. The molecule has 0 aliphatic carbocycles. The molecule has 0 unspecified atom stereocenters. The number of hydrogen-bond donors (Lipinski definition) is 0. The molecule has 8 rings (SSSR count). The largest absolute Gasteiger partial charge is 0.494 e. The summed E-state index contributed by atoms with van der Waals surface area (Å²) in [5.41, 5.74) is 3.55. The summed E-state index contributed by atoms with van der Waals surface area (Å²) in [6.07, 6.45) is -6.10. The SMILES string of the molecule is CC(=O)OCCCCCCOC(=O)/C=C/c1ccc(OC(=O)c2ccc(OCCCC(F)(F)C(F)(F)F)cc2)cc1.CCCOC(=O)/C=C/c1ccc(OC(=O)c2ccc(OCCCC(F)(F)C(C)(F)F)cc2)cc1.CCCOC(=O)/C=C/c1ccc(OC(=O)c2ccc(OCCCC(F)(F)C(F)(F)C(F)(F)F)cc2)cc1.CCCOC(=O)/C=C/c1ccc(OC(=O)c2ccc(OCCCC(F)(F)F)cc2)cc1. The van der Waals surface area contributed by atoms with Gasteiger partial charge in [-0.3, -0.25) is 4.79 Å². The maximum absolute atomic E-state index is 13.3. The van der Waals surface area contributed by atoms with E-state index in [1.165, 1.54) is 159 Å². The van der Waals surface area contributed by atoms with Crippen molar-refractivity contribution in [1.29, 1.82) is 0 Å². The van der Waals surface area contributed by atoms with E-state index in [1.807, 2.05) is 20.8 Å². The summed E-state index contributed by atoms with van der Waals surface area (Å²) in [6.45, 7) is 7.76. The smallest absolute Gasteiger partial charge is 0.459 e. The van der Waals surface area contributed by atoms with Crippen molar-refractivity contribution in [1.82, 2.24) is 0 Å². The van der Waals surface area contributed by atoms with E-state index in [0.29, 0.717) is 73.4 Å². The Bertz CT molecular complexity index is 5370. The number of ether oxygens (including phenoxy) is 13. The number of rotatable bonds is 50. The van der Waals surface area contributed by atoms with E-state index < -0.39 is 141 Å². The molecule has 0 radical (unpaired) electrons. The molecule has 8 aromatic rings. The lowest BCUT2D eigenvalue weighted by atomic mass is 10.1. The average molecular weight is 2040 g/mol. The van der Waals surface area contributed by atoms with Gasteiger partial charge in [0.05, 0.1) is 81.7 Å². The highest BCUT2D eigenvalue weighted by Crippen LogP contribution is 2.49. The lowest BCUT2D eigenvalue weighted by molar-refractivity contribution is -0.355. The van der Waals surface area contributed by atoms with Crippen LogP contribution in [0.25, 0.3) is 24.3 Å². The van der Waals surface area contributed by atoms with Gasteiger partial charge >= 0.3 is 102 Å². The minimum absolute atomic E-state index is 0.0690.